The molecular weight excluding hydrogens is 238 g/mol. The average Bonchev–Trinajstić information content (AvgIpc) is 2.37. The van der Waals surface area contributed by atoms with E-state index in [0.717, 1.165) is 36.3 Å². The number of ether oxygens (including phenoxy) is 1. The second kappa shape index (κ2) is 8.40. The van der Waals surface area contributed by atoms with Crippen LogP contribution >= 0.6 is 0 Å². The molecule has 19 heavy (non-hydrogen) atoms. The SMILES string of the molecule is CCCCN=C(N)NCCOc1c(C)cccc1C. The zero-order chi connectivity index (χ0) is 14.1. The molecule has 0 aliphatic rings. The van der Waals surface area contributed by atoms with Gasteiger partial charge in [-0.2, -0.15) is 0 Å². The molecule has 0 aliphatic carbocycles. The van der Waals surface area contributed by atoms with Crippen molar-refractivity contribution in [1.29, 1.82) is 0 Å². The van der Waals surface area contributed by atoms with Gasteiger partial charge in [-0.1, -0.05) is 31.5 Å². The van der Waals surface area contributed by atoms with Crippen molar-refractivity contribution in [2.24, 2.45) is 10.7 Å². The largest absolute Gasteiger partial charge is 0.491 e. The number of hydrogen-bond donors (Lipinski definition) is 2. The lowest BCUT2D eigenvalue weighted by Gasteiger charge is -2.12. The Morgan fingerprint density at radius 3 is 2.63 bits per heavy atom. The van der Waals surface area contributed by atoms with Crippen LogP contribution in [0.2, 0.25) is 0 Å². The smallest absolute Gasteiger partial charge is 0.188 e. The lowest BCUT2D eigenvalue weighted by Crippen LogP contribution is -2.34. The molecule has 0 aliphatic heterocycles. The van der Waals surface area contributed by atoms with Crippen LogP contribution in [0.25, 0.3) is 0 Å². The molecule has 106 valence electrons. The van der Waals surface area contributed by atoms with E-state index in [1.165, 1.54) is 0 Å². The van der Waals surface area contributed by atoms with Crippen LogP contribution < -0.4 is 15.8 Å². The van der Waals surface area contributed by atoms with E-state index in [1.54, 1.807) is 0 Å². The van der Waals surface area contributed by atoms with Gasteiger partial charge in [-0.05, 0) is 31.4 Å². The van der Waals surface area contributed by atoms with Crippen LogP contribution in [0.1, 0.15) is 30.9 Å². The van der Waals surface area contributed by atoms with E-state index in [4.69, 9.17) is 10.5 Å². The minimum Gasteiger partial charge on any atom is -0.491 e. The van der Waals surface area contributed by atoms with E-state index in [1.807, 2.05) is 6.07 Å². The van der Waals surface area contributed by atoms with E-state index in [-0.39, 0.29) is 0 Å². The molecule has 0 atom stereocenters. The third kappa shape index (κ3) is 5.64. The number of aliphatic imine (C=N–C) groups is 1. The Kier molecular flexibility index (Phi) is 6.79. The topological polar surface area (TPSA) is 59.6 Å². The Labute approximate surface area is 116 Å². The number of unbranched alkanes of at least 4 members (excludes halogenated alkanes) is 1. The van der Waals surface area contributed by atoms with Gasteiger partial charge in [0.2, 0.25) is 0 Å². The van der Waals surface area contributed by atoms with Crippen molar-refractivity contribution in [3.63, 3.8) is 0 Å². The van der Waals surface area contributed by atoms with E-state index >= 15 is 0 Å². The van der Waals surface area contributed by atoms with Gasteiger partial charge >= 0.3 is 0 Å². The maximum absolute atomic E-state index is 5.77. The Hall–Kier alpha value is -1.71. The summed E-state index contributed by atoms with van der Waals surface area (Å²) >= 11 is 0. The molecule has 0 fully saturated rings. The van der Waals surface area contributed by atoms with Crippen LogP contribution in [0.4, 0.5) is 0 Å². The number of para-hydroxylation sites is 1. The van der Waals surface area contributed by atoms with Crippen molar-refractivity contribution >= 4 is 5.96 Å². The molecule has 4 heteroatoms. The number of nitrogens with zero attached hydrogens (tertiary/aromatic N) is 1. The van der Waals surface area contributed by atoms with Crippen LogP contribution in [0.15, 0.2) is 23.2 Å². The predicted molar refractivity (Wildman–Crippen MR) is 80.8 cm³/mol. The van der Waals surface area contributed by atoms with Crippen LogP contribution in [-0.4, -0.2) is 25.7 Å². The zero-order valence-electron chi connectivity index (χ0n) is 12.2. The quantitative estimate of drug-likeness (QED) is 0.451. The molecule has 0 spiro atoms. The summed E-state index contributed by atoms with van der Waals surface area (Å²) in [6.07, 6.45) is 2.20. The number of hydrogen-bond acceptors (Lipinski definition) is 2. The van der Waals surface area contributed by atoms with Gasteiger partial charge in [-0.3, -0.25) is 4.99 Å². The van der Waals surface area contributed by atoms with Crippen molar-refractivity contribution in [3.8, 4) is 5.75 Å². The Balaban J connectivity index is 2.29. The first-order chi connectivity index (χ1) is 9.15. The van der Waals surface area contributed by atoms with Crippen LogP contribution in [0, 0.1) is 13.8 Å². The van der Waals surface area contributed by atoms with Gasteiger partial charge in [-0.25, -0.2) is 0 Å². The summed E-state index contributed by atoms with van der Waals surface area (Å²) in [5, 5.41) is 3.05. The van der Waals surface area contributed by atoms with Gasteiger partial charge in [0.25, 0.3) is 0 Å². The predicted octanol–water partition coefficient (Wildman–Crippen LogP) is 2.39. The highest BCUT2D eigenvalue weighted by Crippen LogP contribution is 2.21. The van der Waals surface area contributed by atoms with Crippen LogP contribution in [0.3, 0.4) is 0 Å². The van der Waals surface area contributed by atoms with Crippen molar-refractivity contribution in [2.45, 2.75) is 33.6 Å². The van der Waals surface area contributed by atoms with Gasteiger partial charge in [0.05, 0.1) is 6.54 Å². The number of nitrogens with one attached hydrogen (secondary N) is 1. The molecule has 0 radical (unpaired) electrons. The first-order valence-electron chi connectivity index (χ1n) is 6.88. The standard InChI is InChI=1S/C15H25N3O/c1-4-5-9-17-15(16)18-10-11-19-14-12(2)7-6-8-13(14)3/h6-8H,4-5,9-11H2,1-3H3,(H3,16,17,18). The molecule has 0 amide bonds. The molecule has 0 saturated carbocycles. The molecule has 4 nitrogen and oxygen atoms in total. The van der Waals surface area contributed by atoms with Gasteiger partial charge in [0, 0.05) is 6.54 Å². The molecule has 0 unspecified atom stereocenters. The molecule has 1 aromatic carbocycles. The Bertz CT molecular complexity index is 396. The molecule has 0 bridgehead atoms. The highest BCUT2D eigenvalue weighted by atomic mass is 16.5. The van der Waals surface area contributed by atoms with E-state index < -0.39 is 0 Å². The fourth-order valence-corrected chi connectivity index (χ4v) is 1.77. The number of aryl methyl sites for hydroxylation is 2. The molecule has 0 saturated heterocycles. The van der Waals surface area contributed by atoms with Crippen LogP contribution in [0.5, 0.6) is 5.75 Å². The number of guanidine groups is 1. The molecular formula is C15H25N3O. The minimum atomic E-state index is 0.499. The van der Waals surface area contributed by atoms with Crippen molar-refractivity contribution in [1.82, 2.24) is 5.32 Å². The molecule has 1 aromatic rings. The molecule has 0 aromatic heterocycles. The summed E-state index contributed by atoms with van der Waals surface area (Å²) in [6.45, 7) is 8.27. The highest BCUT2D eigenvalue weighted by molar-refractivity contribution is 5.77. The first-order valence-corrected chi connectivity index (χ1v) is 6.88. The monoisotopic (exact) mass is 263 g/mol. The Morgan fingerprint density at radius 1 is 1.32 bits per heavy atom. The number of benzene rings is 1. The lowest BCUT2D eigenvalue weighted by molar-refractivity contribution is 0.318. The summed E-state index contributed by atoms with van der Waals surface area (Å²) in [5.41, 5.74) is 8.05. The molecule has 0 heterocycles. The molecule has 3 N–H and O–H groups in total. The zero-order valence-corrected chi connectivity index (χ0v) is 12.2. The second-order valence-electron chi connectivity index (χ2n) is 4.62. The summed E-state index contributed by atoms with van der Waals surface area (Å²) in [6, 6.07) is 6.14. The van der Waals surface area contributed by atoms with Crippen molar-refractivity contribution in [3.05, 3.63) is 29.3 Å². The normalized spacial score (nSPS) is 11.4. The van der Waals surface area contributed by atoms with Gasteiger partial charge in [0.1, 0.15) is 12.4 Å². The summed E-state index contributed by atoms with van der Waals surface area (Å²) < 4.78 is 5.77. The van der Waals surface area contributed by atoms with Crippen molar-refractivity contribution in [2.75, 3.05) is 19.7 Å². The fraction of sp³-hybridized carbons (Fsp3) is 0.533. The first kappa shape index (κ1) is 15.3. The Morgan fingerprint density at radius 2 is 2.00 bits per heavy atom. The minimum absolute atomic E-state index is 0.499. The van der Waals surface area contributed by atoms with E-state index in [0.29, 0.717) is 19.1 Å². The maximum Gasteiger partial charge on any atom is 0.188 e. The summed E-state index contributed by atoms with van der Waals surface area (Å²) in [7, 11) is 0. The molecule has 1 rings (SSSR count). The third-order valence-corrected chi connectivity index (χ3v) is 2.86. The van der Waals surface area contributed by atoms with Gasteiger partial charge in [-0.15, -0.1) is 0 Å². The average molecular weight is 263 g/mol. The van der Waals surface area contributed by atoms with Crippen molar-refractivity contribution < 1.29 is 4.74 Å². The number of rotatable bonds is 7. The van der Waals surface area contributed by atoms with Crippen LogP contribution in [-0.2, 0) is 0 Å². The number of nitrogens with two attached hydrogens (primary N) is 1. The maximum atomic E-state index is 5.77. The fourth-order valence-electron chi connectivity index (χ4n) is 1.77. The summed E-state index contributed by atoms with van der Waals surface area (Å²) in [5.74, 6) is 1.46. The third-order valence-electron chi connectivity index (χ3n) is 2.86. The van der Waals surface area contributed by atoms with E-state index in [9.17, 15) is 0 Å². The lowest BCUT2D eigenvalue weighted by atomic mass is 10.1. The van der Waals surface area contributed by atoms with E-state index in [2.05, 4.69) is 43.2 Å². The van der Waals surface area contributed by atoms with Gasteiger partial charge in [0.15, 0.2) is 5.96 Å². The second-order valence-corrected chi connectivity index (χ2v) is 4.62. The summed E-state index contributed by atoms with van der Waals surface area (Å²) in [4.78, 5) is 4.22. The van der Waals surface area contributed by atoms with Gasteiger partial charge < -0.3 is 15.8 Å². The highest BCUT2D eigenvalue weighted by Gasteiger charge is 2.02.